The van der Waals surface area contributed by atoms with Crippen LogP contribution in [0.1, 0.15) is 63.5 Å². The molecule has 1 aliphatic rings. The first-order valence-electron chi connectivity index (χ1n) is 12.1. The van der Waals surface area contributed by atoms with Crippen molar-refractivity contribution in [3.63, 3.8) is 0 Å². The van der Waals surface area contributed by atoms with Crippen molar-refractivity contribution in [3.8, 4) is 6.07 Å². The molecule has 1 saturated heterocycles. The molecular formula is C28H33Cl2FN2O3. The van der Waals surface area contributed by atoms with Gasteiger partial charge in [0.25, 0.3) is 0 Å². The molecule has 1 fully saturated rings. The van der Waals surface area contributed by atoms with Crippen LogP contribution in [-0.4, -0.2) is 40.8 Å². The Labute approximate surface area is 222 Å². The molecule has 0 aromatic heterocycles. The van der Waals surface area contributed by atoms with Gasteiger partial charge in [-0.05, 0) is 54.5 Å². The highest BCUT2D eigenvalue weighted by Gasteiger charge is 2.60. The summed E-state index contributed by atoms with van der Waals surface area (Å²) in [6, 6.07) is 12.4. The van der Waals surface area contributed by atoms with Gasteiger partial charge in [-0.2, -0.15) is 5.26 Å². The summed E-state index contributed by atoms with van der Waals surface area (Å²) in [4.78, 5) is 13.6. The Morgan fingerprint density at radius 3 is 2.50 bits per heavy atom. The molecule has 0 bridgehead atoms. The maximum Gasteiger partial charge on any atom is 0.150 e. The fourth-order valence-corrected chi connectivity index (χ4v) is 5.69. The zero-order valence-corrected chi connectivity index (χ0v) is 22.3. The molecule has 0 amide bonds. The van der Waals surface area contributed by atoms with E-state index in [4.69, 9.17) is 28.3 Å². The number of hydrogen-bond acceptors (Lipinski definition) is 5. The maximum atomic E-state index is 15.5. The van der Waals surface area contributed by atoms with Gasteiger partial charge in [-0.25, -0.2) is 4.39 Å². The Morgan fingerprint density at radius 2 is 1.92 bits per heavy atom. The van der Waals surface area contributed by atoms with Crippen LogP contribution in [0.25, 0.3) is 0 Å². The Kier molecular flexibility index (Phi) is 9.19. The van der Waals surface area contributed by atoms with E-state index in [1.54, 1.807) is 30.3 Å². The Hall–Kier alpha value is -2.01. The number of Topliss-reactive ketones (excluding diaryl/α,β-unsaturated/α-hetero) is 1. The van der Waals surface area contributed by atoms with Crippen molar-refractivity contribution in [2.24, 2.45) is 5.41 Å². The topological polar surface area (TPSA) is 93.3 Å². The summed E-state index contributed by atoms with van der Waals surface area (Å²) in [5.74, 6) is -1.47. The van der Waals surface area contributed by atoms with E-state index >= 15 is 4.39 Å². The summed E-state index contributed by atoms with van der Waals surface area (Å²) in [6.07, 6.45) is 0.399. The number of nitriles is 1. The van der Waals surface area contributed by atoms with Gasteiger partial charge in [0.05, 0.1) is 24.8 Å². The van der Waals surface area contributed by atoms with Crippen LogP contribution in [0.5, 0.6) is 0 Å². The Morgan fingerprint density at radius 1 is 1.22 bits per heavy atom. The van der Waals surface area contributed by atoms with E-state index in [1.165, 1.54) is 6.07 Å². The lowest BCUT2D eigenvalue weighted by atomic mass is 9.62. The first kappa shape index (κ1) is 28.6. The lowest BCUT2D eigenvalue weighted by molar-refractivity contribution is -0.121. The third-order valence-electron chi connectivity index (χ3n) is 6.86. The van der Waals surface area contributed by atoms with Gasteiger partial charge >= 0.3 is 0 Å². The number of carbonyl (C=O) groups is 1. The Balaban J connectivity index is 2.19. The molecule has 0 unspecified atom stereocenters. The van der Waals surface area contributed by atoms with Crippen molar-refractivity contribution in [3.05, 3.63) is 69.5 Å². The lowest BCUT2D eigenvalue weighted by Crippen LogP contribution is -2.44. The molecule has 0 radical (unpaired) electrons. The predicted octanol–water partition coefficient (Wildman–Crippen LogP) is 5.55. The van der Waals surface area contributed by atoms with Crippen LogP contribution in [0.3, 0.4) is 0 Å². The van der Waals surface area contributed by atoms with E-state index in [0.717, 1.165) is 0 Å². The molecule has 194 valence electrons. The molecule has 3 N–H and O–H groups in total. The molecule has 1 aliphatic heterocycles. The van der Waals surface area contributed by atoms with Crippen LogP contribution in [0.4, 0.5) is 4.39 Å². The van der Waals surface area contributed by atoms with Crippen molar-refractivity contribution < 1.29 is 19.4 Å². The molecule has 8 heteroatoms. The minimum atomic E-state index is -1.42. The largest absolute Gasteiger partial charge is 0.394 e. The number of aliphatic hydroxyl groups is 2. The molecule has 2 aromatic carbocycles. The van der Waals surface area contributed by atoms with Crippen molar-refractivity contribution >= 4 is 29.0 Å². The van der Waals surface area contributed by atoms with E-state index in [1.807, 2.05) is 26.8 Å². The van der Waals surface area contributed by atoms with Crippen molar-refractivity contribution in [2.45, 2.75) is 76.0 Å². The fraction of sp³-hybridized carbons (Fsp3) is 0.500. The maximum absolute atomic E-state index is 15.5. The molecule has 5 nitrogen and oxygen atoms in total. The highest BCUT2D eigenvalue weighted by atomic mass is 35.5. The van der Waals surface area contributed by atoms with Gasteiger partial charge in [-0.3, -0.25) is 4.79 Å². The summed E-state index contributed by atoms with van der Waals surface area (Å²) < 4.78 is 15.5. The standard InChI is InChI=1S/C28H33Cl2FN2O3/c1-27(2,3)14-24-28(16-32,21-11-10-19(30)13-22(21)31)25(17-6-4-7-18(29)12-17)26(33-24)23(36)9-5-8-20(35)15-34/h4,6-7,10-13,20,24-26,33-35H,5,8-9,14-15H2,1-3H3/t20-,24+,25+,26+,28+/m1/s1. The zero-order valence-electron chi connectivity index (χ0n) is 20.8. The van der Waals surface area contributed by atoms with Gasteiger partial charge in [-0.1, -0.05) is 62.2 Å². The third kappa shape index (κ3) is 6.10. The van der Waals surface area contributed by atoms with Crippen molar-refractivity contribution in [1.82, 2.24) is 5.32 Å². The van der Waals surface area contributed by atoms with E-state index in [9.17, 15) is 15.2 Å². The monoisotopic (exact) mass is 534 g/mol. The summed E-state index contributed by atoms with van der Waals surface area (Å²) in [7, 11) is 0. The van der Waals surface area contributed by atoms with Crippen molar-refractivity contribution in [2.75, 3.05) is 6.61 Å². The van der Waals surface area contributed by atoms with E-state index in [2.05, 4.69) is 11.4 Å². The lowest BCUT2D eigenvalue weighted by Gasteiger charge is -2.37. The summed E-state index contributed by atoms with van der Waals surface area (Å²) in [5.41, 5.74) is -0.800. The number of hydrogen-bond donors (Lipinski definition) is 3. The van der Waals surface area contributed by atoms with Gasteiger partial charge in [-0.15, -0.1) is 0 Å². The van der Waals surface area contributed by atoms with E-state index < -0.39 is 35.3 Å². The number of aliphatic hydroxyl groups excluding tert-OH is 2. The SMILES string of the molecule is CC(C)(C)C[C@@H]1N[C@@H](C(=O)CCC[C@@H](O)CO)[C@H](c2cccc(Cl)c2)[C@@]1(C#N)c1ccc(Cl)cc1F. The van der Waals surface area contributed by atoms with Crippen molar-refractivity contribution in [1.29, 1.82) is 5.26 Å². The minimum Gasteiger partial charge on any atom is -0.394 e. The average molecular weight is 535 g/mol. The first-order valence-corrected chi connectivity index (χ1v) is 12.9. The number of benzene rings is 2. The number of rotatable bonds is 9. The summed E-state index contributed by atoms with van der Waals surface area (Å²) in [5, 5.41) is 33.7. The number of ketones is 1. The minimum absolute atomic E-state index is 0.138. The van der Waals surface area contributed by atoms with Crippen LogP contribution in [0, 0.1) is 22.6 Å². The van der Waals surface area contributed by atoms with E-state index in [0.29, 0.717) is 23.4 Å². The van der Waals surface area contributed by atoms with Gasteiger partial charge in [0.1, 0.15) is 17.0 Å². The number of nitrogens with zero attached hydrogens (tertiary/aromatic N) is 1. The quantitative estimate of drug-likeness (QED) is 0.392. The number of nitrogens with one attached hydrogen (secondary N) is 1. The van der Waals surface area contributed by atoms with E-state index in [-0.39, 0.29) is 41.2 Å². The predicted molar refractivity (Wildman–Crippen MR) is 140 cm³/mol. The first-order chi connectivity index (χ1) is 16.9. The average Bonchev–Trinajstić information content (AvgIpc) is 3.12. The number of carbonyl (C=O) groups excluding carboxylic acids is 1. The molecule has 5 atom stereocenters. The molecule has 36 heavy (non-hydrogen) atoms. The Bertz CT molecular complexity index is 1130. The molecule has 1 heterocycles. The molecular weight excluding hydrogens is 502 g/mol. The second-order valence-corrected chi connectivity index (χ2v) is 11.7. The molecule has 2 aromatic rings. The second kappa shape index (κ2) is 11.6. The van der Waals surface area contributed by atoms with Crippen LogP contribution in [-0.2, 0) is 10.2 Å². The summed E-state index contributed by atoms with van der Waals surface area (Å²) >= 11 is 12.4. The summed E-state index contributed by atoms with van der Waals surface area (Å²) in [6.45, 7) is 5.74. The van der Waals surface area contributed by atoms with Gasteiger partial charge < -0.3 is 15.5 Å². The molecule has 0 aliphatic carbocycles. The third-order valence-corrected chi connectivity index (χ3v) is 7.33. The highest BCUT2D eigenvalue weighted by molar-refractivity contribution is 6.30. The van der Waals surface area contributed by atoms with Crippen LogP contribution >= 0.6 is 23.2 Å². The molecule has 0 saturated carbocycles. The number of halogens is 3. The van der Waals surface area contributed by atoms with Crippen LogP contribution in [0.2, 0.25) is 10.0 Å². The van der Waals surface area contributed by atoms with Crippen LogP contribution < -0.4 is 5.32 Å². The van der Waals surface area contributed by atoms with Gasteiger partial charge in [0.2, 0.25) is 0 Å². The van der Waals surface area contributed by atoms with Gasteiger partial charge in [0.15, 0.2) is 0 Å². The van der Waals surface area contributed by atoms with Gasteiger partial charge in [0, 0.05) is 34.0 Å². The molecule has 0 spiro atoms. The van der Waals surface area contributed by atoms with Crippen LogP contribution in [0.15, 0.2) is 42.5 Å². The normalized spacial score (nSPS) is 24.9. The highest BCUT2D eigenvalue weighted by Crippen LogP contribution is 2.52. The smallest absolute Gasteiger partial charge is 0.150 e. The zero-order chi connectivity index (χ0) is 26.7. The second-order valence-electron chi connectivity index (χ2n) is 10.8. The fourth-order valence-electron chi connectivity index (χ4n) is 5.34. The molecule has 3 rings (SSSR count).